The Morgan fingerprint density at radius 3 is 3.12 bits per heavy atom. The second-order valence-electron chi connectivity index (χ2n) is 4.20. The molecule has 2 rings (SSSR count). The lowest BCUT2D eigenvalue weighted by atomic mass is 10.5. The molecule has 5 nitrogen and oxygen atoms in total. The molecule has 0 amide bonds. The Labute approximate surface area is 95.8 Å². The van der Waals surface area contributed by atoms with Gasteiger partial charge in [0.2, 0.25) is 0 Å². The van der Waals surface area contributed by atoms with E-state index in [2.05, 4.69) is 22.2 Å². The van der Waals surface area contributed by atoms with Gasteiger partial charge in [0.25, 0.3) is 0 Å². The first-order valence-electron chi connectivity index (χ1n) is 5.71. The van der Waals surface area contributed by atoms with E-state index >= 15 is 0 Å². The van der Waals surface area contributed by atoms with Gasteiger partial charge < -0.3 is 19.4 Å². The topological polar surface area (TPSA) is 50.5 Å². The zero-order valence-electron chi connectivity index (χ0n) is 9.90. The molecule has 1 aromatic heterocycles. The molecule has 1 aromatic rings. The first kappa shape index (κ1) is 11.4. The predicted octanol–water partition coefficient (Wildman–Crippen LogP) is 0.867. The maximum absolute atomic E-state index is 5.43. The number of ether oxygens (including phenoxy) is 1. The lowest BCUT2D eigenvalue weighted by Crippen LogP contribution is -2.26. The molecule has 0 unspecified atom stereocenters. The van der Waals surface area contributed by atoms with Gasteiger partial charge in [-0.25, -0.2) is 0 Å². The van der Waals surface area contributed by atoms with E-state index in [0.717, 1.165) is 18.3 Å². The highest BCUT2D eigenvalue weighted by Gasteiger charge is 2.25. The quantitative estimate of drug-likeness (QED) is 0.746. The Balaban J connectivity index is 1.67. The monoisotopic (exact) mass is 225 g/mol. The van der Waals surface area contributed by atoms with Gasteiger partial charge >= 0.3 is 6.08 Å². The molecule has 0 atom stereocenters. The van der Waals surface area contributed by atoms with Crippen LogP contribution in [0.1, 0.15) is 18.5 Å². The molecule has 1 aliphatic rings. The summed E-state index contributed by atoms with van der Waals surface area (Å²) in [6.07, 6.45) is 4.63. The molecule has 16 heavy (non-hydrogen) atoms. The van der Waals surface area contributed by atoms with Crippen molar-refractivity contribution < 1.29 is 9.15 Å². The Morgan fingerprint density at radius 2 is 2.44 bits per heavy atom. The molecule has 1 aliphatic carbocycles. The van der Waals surface area contributed by atoms with Crippen molar-refractivity contribution in [3.8, 4) is 6.08 Å². The molecule has 1 fully saturated rings. The number of nitrogens with zero attached hydrogens (tertiary/aromatic N) is 2. The highest BCUT2D eigenvalue weighted by molar-refractivity contribution is 4.99. The summed E-state index contributed by atoms with van der Waals surface area (Å²) < 4.78 is 10.6. The highest BCUT2D eigenvalue weighted by Crippen LogP contribution is 2.24. The van der Waals surface area contributed by atoms with Crippen molar-refractivity contribution in [1.82, 2.24) is 15.2 Å². The summed E-state index contributed by atoms with van der Waals surface area (Å²) in [5.41, 5.74) is 0.869. The molecule has 1 N–H and O–H groups in total. The fourth-order valence-corrected chi connectivity index (χ4v) is 1.59. The number of rotatable bonds is 7. The Morgan fingerprint density at radius 1 is 1.62 bits per heavy atom. The SMILES string of the molecule is CNCc1coc(OCCN(C)C2CC2)n1. The van der Waals surface area contributed by atoms with Crippen LogP contribution in [0.25, 0.3) is 0 Å². The summed E-state index contributed by atoms with van der Waals surface area (Å²) >= 11 is 0. The van der Waals surface area contributed by atoms with Crippen LogP contribution in [0.4, 0.5) is 0 Å². The van der Waals surface area contributed by atoms with E-state index in [1.165, 1.54) is 12.8 Å². The largest absolute Gasteiger partial charge is 0.449 e. The van der Waals surface area contributed by atoms with Gasteiger partial charge in [0.05, 0.1) is 5.69 Å². The second-order valence-corrected chi connectivity index (χ2v) is 4.20. The number of nitrogens with one attached hydrogen (secondary N) is 1. The molecule has 0 aliphatic heterocycles. The van der Waals surface area contributed by atoms with Crippen LogP contribution < -0.4 is 10.1 Å². The molecule has 5 heteroatoms. The van der Waals surface area contributed by atoms with E-state index in [0.29, 0.717) is 19.2 Å². The summed E-state index contributed by atoms with van der Waals surface area (Å²) in [5.74, 6) is 0. The molecule has 1 heterocycles. The van der Waals surface area contributed by atoms with Gasteiger partial charge in [0.1, 0.15) is 12.9 Å². The van der Waals surface area contributed by atoms with Gasteiger partial charge in [-0.1, -0.05) is 0 Å². The first-order valence-corrected chi connectivity index (χ1v) is 5.71. The van der Waals surface area contributed by atoms with Gasteiger partial charge in [-0.2, -0.15) is 4.98 Å². The van der Waals surface area contributed by atoms with Crippen molar-refractivity contribution in [2.45, 2.75) is 25.4 Å². The summed E-state index contributed by atoms with van der Waals surface area (Å²) in [4.78, 5) is 6.50. The van der Waals surface area contributed by atoms with Gasteiger partial charge in [0.15, 0.2) is 0 Å². The van der Waals surface area contributed by atoms with Crippen molar-refractivity contribution in [1.29, 1.82) is 0 Å². The smallest absolute Gasteiger partial charge is 0.393 e. The van der Waals surface area contributed by atoms with Crippen molar-refractivity contribution in [3.05, 3.63) is 12.0 Å². The maximum Gasteiger partial charge on any atom is 0.393 e. The predicted molar refractivity (Wildman–Crippen MR) is 60.4 cm³/mol. The fourth-order valence-electron chi connectivity index (χ4n) is 1.59. The third-order valence-electron chi connectivity index (χ3n) is 2.73. The lowest BCUT2D eigenvalue weighted by molar-refractivity contribution is 0.188. The average molecular weight is 225 g/mol. The number of hydrogen-bond acceptors (Lipinski definition) is 5. The first-order chi connectivity index (χ1) is 7.79. The zero-order chi connectivity index (χ0) is 11.4. The third-order valence-corrected chi connectivity index (χ3v) is 2.73. The van der Waals surface area contributed by atoms with Crippen molar-refractivity contribution in [2.24, 2.45) is 0 Å². The van der Waals surface area contributed by atoms with Crippen molar-refractivity contribution >= 4 is 0 Å². The molecule has 0 spiro atoms. The summed E-state index contributed by atoms with van der Waals surface area (Å²) in [6.45, 7) is 2.26. The minimum absolute atomic E-state index is 0.370. The minimum Gasteiger partial charge on any atom is -0.449 e. The van der Waals surface area contributed by atoms with E-state index in [9.17, 15) is 0 Å². The van der Waals surface area contributed by atoms with Crippen LogP contribution in [0.2, 0.25) is 0 Å². The molecular weight excluding hydrogens is 206 g/mol. The second kappa shape index (κ2) is 5.32. The van der Waals surface area contributed by atoms with Crippen molar-refractivity contribution in [2.75, 3.05) is 27.2 Å². The highest BCUT2D eigenvalue weighted by atomic mass is 16.6. The van der Waals surface area contributed by atoms with Gasteiger partial charge in [-0.05, 0) is 26.9 Å². The molecule has 0 saturated heterocycles. The molecule has 1 saturated carbocycles. The Hall–Kier alpha value is -1.07. The normalized spacial score (nSPS) is 15.7. The van der Waals surface area contributed by atoms with Gasteiger partial charge in [0, 0.05) is 19.1 Å². The van der Waals surface area contributed by atoms with E-state index in [1.807, 2.05) is 7.05 Å². The maximum atomic E-state index is 5.43. The molecule has 0 radical (unpaired) electrons. The van der Waals surface area contributed by atoms with Crippen LogP contribution >= 0.6 is 0 Å². The number of hydrogen-bond donors (Lipinski definition) is 1. The van der Waals surface area contributed by atoms with Crippen LogP contribution in [0, 0.1) is 0 Å². The minimum atomic E-state index is 0.370. The molecule has 0 bridgehead atoms. The van der Waals surface area contributed by atoms with E-state index in [4.69, 9.17) is 9.15 Å². The van der Waals surface area contributed by atoms with Crippen LogP contribution in [0.15, 0.2) is 10.7 Å². The Kier molecular flexibility index (Phi) is 3.79. The third kappa shape index (κ3) is 3.21. The van der Waals surface area contributed by atoms with E-state index < -0.39 is 0 Å². The Bertz CT molecular complexity index is 323. The molecule has 90 valence electrons. The van der Waals surface area contributed by atoms with Crippen LogP contribution in [-0.4, -0.2) is 43.2 Å². The number of aromatic nitrogens is 1. The van der Waals surface area contributed by atoms with Crippen LogP contribution in [-0.2, 0) is 6.54 Å². The number of oxazole rings is 1. The van der Waals surface area contributed by atoms with Crippen molar-refractivity contribution in [3.63, 3.8) is 0 Å². The summed E-state index contributed by atoms with van der Waals surface area (Å²) in [6, 6.07) is 0.771. The summed E-state index contributed by atoms with van der Waals surface area (Å²) in [5, 5.41) is 3.01. The lowest BCUT2D eigenvalue weighted by Gasteiger charge is -2.14. The molecular formula is C11H19N3O2. The van der Waals surface area contributed by atoms with E-state index in [1.54, 1.807) is 6.26 Å². The van der Waals surface area contributed by atoms with E-state index in [-0.39, 0.29) is 0 Å². The summed E-state index contributed by atoms with van der Waals surface area (Å²) in [7, 11) is 4.00. The van der Waals surface area contributed by atoms with Gasteiger partial charge in [-0.3, -0.25) is 0 Å². The van der Waals surface area contributed by atoms with Crippen LogP contribution in [0.5, 0.6) is 6.08 Å². The number of likely N-dealkylation sites (N-methyl/N-ethyl adjacent to an activating group) is 1. The van der Waals surface area contributed by atoms with Crippen LogP contribution in [0.3, 0.4) is 0 Å². The van der Waals surface area contributed by atoms with Gasteiger partial charge in [-0.15, -0.1) is 0 Å². The fraction of sp³-hybridized carbons (Fsp3) is 0.727. The zero-order valence-corrected chi connectivity index (χ0v) is 9.90. The average Bonchev–Trinajstić information content (AvgIpc) is 3.02. The molecule has 0 aromatic carbocycles. The standard InChI is InChI=1S/C11H19N3O2/c1-12-7-9-8-16-11(13-9)15-6-5-14(2)10-3-4-10/h8,10,12H,3-7H2,1-2H3.